The summed E-state index contributed by atoms with van der Waals surface area (Å²) in [6, 6.07) is 17.3. The van der Waals surface area contributed by atoms with Crippen LogP contribution in [0.15, 0.2) is 59.4 Å². The smallest absolute Gasteiger partial charge is 0.262 e. The van der Waals surface area contributed by atoms with E-state index in [0.717, 1.165) is 28.5 Å². The topological polar surface area (TPSA) is 83.5 Å². The number of nitrogens with zero attached hydrogens (tertiary/aromatic N) is 5. The monoisotopic (exact) mass is 469 g/mol. The molecular weight excluding hydrogens is 442 g/mol. The summed E-state index contributed by atoms with van der Waals surface area (Å²) in [6.07, 6.45) is 0.782. The lowest BCUT2D eigenvalue weighted by molar-refractivity contribution is 0.139. The van der Waals surface area contributed by atoms with Crippen molar-refractivity contribution in [3.05, 3.63) is 76.5 Å². The zero-order valence-electron chi connectivity index (χ0n) is 20.1. The first kappa shape index (κ1) is 21.7. The van der Waals surface area contributed by atoms with Crippen molar-refractivity contribution in [3.8, 4) is 5.88 Å². The molecule has 0 saturated carbocycles. The minimum atomic E-state index is -0.169. The molecule has 1 aliphatic rings. The van der Waals surface area contributed by atoms with Gasteiger partial charge >= 0.3 is 0 Å². The largest absolute Gasteiger partial charge is 0.471 e. The van der Waals surface area contributed by atoms with Gasteiger partial charge in [-0.3, -0.25) is 9.36 Å². The molecule has 0 N–H and O–H groups in total. The zero-order chi connectivity index (χ0) is 24.2. The van der Waals surface area contributed by atoms with Crippen LogP contribution >= 0.6 is 0 Å². The lowest BCUT2D eigenvalue weighted by Gasteiger charge is -2.15. The summed E-state index contributed by atoms with van der Waals surface area (Å²) in [5.41, 5.74) is 2.91. The lowest BCUT2D eigenvalue weighted by Crippen LogP contribution is -2.25. The van der Waals surface area contributed by atoms with Crippen molar-refractivity contribution in [2.45, 2.75) is 45.3 Å². The molecule has 35 heavy (non-hydrogen) atoms. The fraction of sp³-hybridized carbons (Fsp3) is 0.333. The zero-order valence-corrected chi connectivity index (χ0v) is 20.1. The molecule has 1 aliphatic heterocycles. The molecule has 1 fully saturated rings. The highest BCUT2D eigenvalue weighted by atomic mass is 16.5. The van der Waals surface area contributed by atoms with E-state index in [1.807, 2.05) is 59.1 Å². The molecule has 0 bridgehead atoms. The first-order valence-electron chi connectivity index (χ1n) is 11.9. The third-order valence-corrected chi connectivity index (χ3v) is 6.42. The summed E-state index contributed by atoms with van der Waals surface area (Å²) < 4.78 is 15.3. The fourth-order valence-electron chi connectivity index (χ4n) is 4.51. The van der Waals surface area contributed by atoms with Crippen molar-refractivity contribution < 1.29 is 9.47 Å². The van der Waals surface area contributed by atoms with Gasteiger partial charge in [-0.1, -0.05) is 45.0 Å². The molecule has 5 aromatic rings. The molecule has 1 atom stereocenters. The van der Waals surface area contributed by atoms with Crippen LogP contribution < -0.4 is 10.3 Å². The number of hydrogen-bond acceptors (Lipinski definition) is 6. The van der Waals surface area contributed by atoms with E-state index in [9.17, 15) is 4.79 Å². The lowest BCUT2D eigenvalue weighted by atomic mass is 9.93. The summed E-state index contributed by atoms with van der Waals surface area (Å²) in [5.74, 6) is 1.03. The number of fused-ring (bicyclic) bond motifs is 4. The van der Waals surface area contributed by atoms with E-state index >= 15 is 0 Å². The van der Waals surface area contributed by atoms with Gasteiger partial charge < -0.3 is 9.47 Å². The number of benzene rings is 2. The Bertz CT molecular complexity index is 1620. The van der Waals surface area contributed by atoms with Gasteiger partial charge in [0.1, 0.15) is 11.8 Å². The number of ether oxygens (including phenoxy) is 2. The predicted molar refractivity (Wildman–Crippen MR) is 134 cm³/mol. The summed E-state index contributed by atoms with van der Waals surface area (Å²) in [7, 11) is 0. The third kappa shape index (κ3) is 3.83. The van der Waals surface area contributed by atoms with Crippen molar-refractivity contribution in [1.82, 2.24) is 24.1 Å². The van der Waals surface area contributed by atoms with Crippen LogP contribution in [0.25, 0.3) is 27.5 Å². The van der Waals surface area contributed by atoms with E-state index < -0.39 is 0 Å². The molecule has 1 unspecified atom stereocenters. The summed E-state index contributed by atoms with van der Waals surface area (Å²) >= 11 is 0. The summed E-state index contributed by atoms with van der Waals surface area (Å²) in [5, 5.41) is 6.32. The average molecular weight is 470 g/mol. The molecular formula is C27H27N5O3. The van der Waals surface area contributed by atoms with E-state index in [4.69, 9.17) is 24.5 Å². The normalized spacial score (nSPS) is 16.5. The van der Waals surface area contributed by atoms with Crippen molar-refractivity contribution in [2.75, 3.05) is 13.2 Å². The molecule has 2 aromatic carbocycles. The minimum Gasteiger partial charge on any atom is -0.471 e. The van der Waals surface area contributed by atoms with Crippen LogP contribution in [0.2, 0.25) is 0 Å². The van der Waals surface area contributed by atoms with Gasteiger partial charge in [0.2, 0.25) is 5.88 Å². The number of hydrogen-bond donors (Lipinski definition) is 0. The Morgan fingerprint density at radius 2 is 1.83 bits per heavy atom. The first-order chi connectivity index (χ1) is 16.9. The number of aromatic nitrogens is 5. The van der Waals surface area contributed by atoms with E-state index in [0.29, 0.717) is 36.0 Å². The van der Waals surface area contributed by atoms with E-state index in [2.05, 4.69) is 20.8 Å². The molecule has 3 aromatic heterocycles. The maximum atomic E-state index is 13.7. The van der Waals surface area contributed by atoms with Crippen LogP contribution in [0.3, 0.4) is 0 Å². The van der Waals surface area contributed by atoms with Gasteiger partial charge in [0, 0.05) is 17.9 Å². The van der Waals surface area contributed by atoms with E-state index in [1.165, 1.54) is 0 Å². The molecule has 1 saturated heterocycles. The molecule has 178 valence electrons. The second-order valence-corrected chi connectivity index (χ2v) is 10.0. The Labute approximate surface area is 202 Å². The first-order valence-corrected chi connectivity index (χ1v) is 11.9. The SMILES string of the molecule is CC(C)(C)c1cc2n(Cc3nc(OC4CCOC4)c4ccccc4n3)c(=O)c3ccccc3n2n1. The van der Waals surface area contributed by atoms with Crippen molar-refractivity contribution >= 4 is 27.5 Å². The van der Waals surface area contributed by atoms with Crippen LogP contribution in [0.4, 0.5) is 0 Å². The Balaban J connectivity index is 1.53. The molecule has 8 nitrogen and oxygen atoms in total. The van der Waals surface area contributed by atoms with Gasteiger partial charge in [-0.15, -0.1) is 0 Å². The quantitative estimate of drug-likeness (QED) is 0.394. The molecule has 0 spiro atoms. The van der Waals surface area contributed by atoms with Gasteiger partial charge in [-0.05, 0) is 24.3 Å². The maximum absolute atomic E-state index is 13.7. The molecule has 4 heterocycles. The Kier molecular flexibility index (Phi) is 5.07. The van der Waals surface area contributed by atoms with Crippen LogP contribution in [0, 0.1) is 0 Å². The predicted octanol–water partition coefficient (Wildman–Crippen LogP) is 4.11. The van der Waals surface area contributed by atoms with Crippen molar-refractivity contribution in [1.29, 1.82) is 0 Å². The second kappa shape index (κ2) is 8.16. The molecule has 8 heteroatoms. The van der Waals surface area contributed by atoms with Crippen LogP contribution in [0.1, 0.15) is 38.7 Å². The number of rotatable bonds is 4. The molecule has 0 amide bonds. The summed E-state index contributed by atoms with van der Waals surface area (Å²) in [4.78, 5) is 23.2. The highest BCUT2D eigenvalue weighted by Gasteiger charge is 2.23. The Morgan fingerprint density at radius 1 is 1.06 bits per heavy atom. The van der Waals surface area contributed by atoms with Crippen molar-refractivity contribution in [2.24, 2.45) is 0 Å². The van der Waals surface area contributed by atoms with Gasteiger partial charge in [-0.2, -0.15) is 10.1 Å². The highest BCUT2D eigenvalue weighted by molar-refractivity contribution is 5.83. The molecule has 6 rings (SSSR count). The van der Waals surface area contributed by atoms with Crippen LogP contribution in [-0.4, -0.2) is 43.5 Å². The van der Waals surface area contributed by atoms with Crippen molar-refractivity contribution in [3.63, 3.8) is 0 Å². The van der Waals surface area contributed by atoms with Gasteiger partial charge in [0.05, 0.1) is 47.3 Å². The standard InChI is InChI=1S/C27H27N5O3/c1-27(2,3)22-14-24-31(26(33)19-9-5-7-11-21(19)32(24)30-22)15-23-28-20-10-6-4-8-18(20)25(29-23)35-17-12-13-34-16-17/h4-11,14,17H,12-13,15-16H2,1-3H3. The van der Waals surface area contributed by atoms with Gasteiger partial charge in [-0.25, -0.2) is 9.50 Å². The van der Waals surface area contributed by atoms with Crippen LogP contribution in [0.5, 0.6) is 5.88 Å². The minimum absolute atomic E-state index is 0.0413. The second-order valence-electron chi connectivity index (χ2n) is 10.0. The van der Waals surface area contributed by atoms with Gasteiger partial charge in [0.15, 0.2) is 5.82 Å². The Hall–Kier alpha value is -3.78. The molecule has 0 radical (unpaired) electrons. The average Bonchev–Trinajstić information content (AvgIpc) is 3.52. The fourth-order valence-corrected chi connectivity index (χ4v) is 4.51. The highest BCUT2D eigenvalue weighted by Crippen LogP contribution is 2.27. The maximum Gasteiger partial charge on any atom is 0.262 e. The van der Waals surface area contributed by atoms with Crippen LogP contribution in [-0.2, 0) is 16.7 Å². The van der Waals surface area contributed by atoms with E-state index in [1.54, 1.807) is 4.57 Å². The summed E-state index contributed by atoms with van der Waals surface area (Å²) in [6.45, 7) is 7.77. The van der Waals surface area contributed by atoms with E-state index in [-0.39, 0.29) is 23.6 Å². The molecule has 0 aliphatic carbocycles. The number of para-hydroxylation sites is 2. The van der Waals surface area contributed by atoms with Gasteiger partial charge in [0.25, 0.3) is 5.56 Å². The third-order valence-electron chi connectivity index (χ3n) is 6.42. The Morgan fingerprint density at radius 3 is 2.60 bits per heavy atom.